The lowest BCUT2D eigenvalue weighted by molar-refractivity contribution is -0.127. The number of likely N-dealkylation sites (tertiary alicyclic amines) is 1. The third-order valence-corrected chi connectivity index (χ3v) is 3.92. The van der Waals surface area contributed by atoms with E-state index in [0.29, 0.717) is 23.3 Å². The summed E-state index contributed by atoms with van der Waals surface area (Å²) in [5, 5.41) is 0. The second-order valence-corrected chi connectivity index (χ2v) is 5.87. The monoisotopic (exact) mass is 296 g/mol. The molecule has 110 valence electrons. The van der Waals surface area contributed by atoms with E-state index in [0.717, 1.165) is 25.9 Å². The summed E-state index contributed by atoms with van der Waals surface area (Å²) in [5.41, 5.74) is 5.65. The number of aromatic nitrogens is 3. The van der Waals surface area contributed by atoms with Gasteiger partial charge in [0.25, 0.3) is 0 Å². The van der Waals surface area contributed by atoms with Crippen molar-refractivity contribution in [1.82, 2.24) is 19.9 Å². The van der Waals surface area contributed by atoms with Crippen LogP contribution in [0.25, 0.3) is 0 Å². The standard InChI is InChI=1S/C12H20N6OS/c1-17(2)12-15-9(14-11(13)16-12)7-20-8-10(19)18-5-3-4-6-18/h3-8H2,1-2H3,(H2,13,14,15,16). The predicted molar refractivity (Wildman–Crippen MR) is 80.5 cm³/mol. The first-order valence-electron chi connectivity index (χ1n) is 6.59. The molecule has 1 saturated heterocycles. The lowest BCUT2D eigenvalue weighted by Crippen LogP contribution is -2.29. The molecule has 1 aliphatic heterocycles. The number of thioether (sulfide) groups is 1. The van der Waals surface area contributed by atoms with Crippen LogP contribution in [0.5, 0.6) is 0 Å². The highest BCUT2D eigenvalue weighted by atomic mass is 32.2. The normalized spacial score (nSPS) is 14.6. The molecule has 0 aliphatic carbocycles. The highest BCUT2D eigenvalue weighted by Crippen LogP contribution is 2.15. The highest BCUT2D eigenvalue weighted by Gasteiger charge is 2.17. The van der Waals surface area contributed by atoms with Crippen molar-refractivity contribution in [3.8, 4) is 0 Å². The molecule has 0 unspecified atom stereocenters. The van der Waals surface area contributed by atoms with E-state index in [9.17, 15) is 4.79 Å². The Balaban J connectivity index is 1.85. The fourth-order valence-electron chi connectivity index (χ4n) is 1.98. The third-order valence-electron chi connectivity index (χ3n) is 3.00. The number of nitrogens with two attached hydrogens (primary N) is 1. The summed E-state index contributed by atoms with van der Waals surface area (Å²) in [6, 6.07) is 0. The van der Waals surface area contributed by atoms with E-state index in [1.807, 2.05) is 19.0 Å². The summed E-state index contributed by atoms with van der Waals surface area (Å²) in [4.78, 5) is 28.0. The number of carbonyl (C=O) groups is 1. The molecule has 0 aromatic carbocycles. The fraction of sp³-hybridized carbons (Fsp3) is 0.667. The van der Waals surface area contributed by atoms with Gasteiger partial charge in [0.15, 0.2) is 0 Å². The Hall–Kier alpha value is -1.57. The number of hydrogen-bond acceptors (Lipinski definition) is 7. The SMILES string of the molecule is CN(C)c1nc(N)nc(CSCC(=O)N2CCCC2)n1. The number of anilines is 2. The maximum atomic E-state index is 11.9. The number of carbonyl (C=O) groups excluding carboxylic acids is 1. The Morgan fingerprint density at radius 3 is 2.65 bits per heavy atom. The van der Waals surface area contributed by atoms with Crippen LogP contribution in [-0.4, -0.2) is 58.7 Å². The Labute approximate surface area is 123 Å². The van der Waals surface area contributed by atoms with Gasteiger partial charge in [0.1, 0.15) is 5.82 Å². The molecule has 0 spiro atoms. The maximum absolute atomic E-state index is 11.9. The third kappa shape index (κ3) is 3.96. The van der Waals surface area contributed by atoms with Gasteiger partial charge in [-0.15, -0.1) is 11.8 Å². The van der Waals surface area contributed by atoms with Crippen molar-refractivity contribution in [3.05, 3.63) is 5.82 Å². The number of hydrogen-bond donors (Lipinski definition) is 1. The second-order valence-electron chi connectivity index (χ2n) is 4.88. The van der Waals surface area contributed by atoms with E-state index in [1.54, 1.807) is 4.90 Å². The predicted octanol–water partition coefficient (Wildman–Crippen LogP) is 0.375. The zero-order chi connectivity index (χ0) is 14.5. The smallest absolute Gasteiger partial charge is 0.232 e. The van der Waals surface area contributed by atoms with Crippen LogP contribution in [0.15, 0.2) is 0 Å². The summed E-state index contributed by atoms with van der Waals surface area (Å²) < 4.78 is 0. The van der Waals surface area contributed by atoms with Gasteiger partial charge in [0.2, 0.25) is 17.8 Å². The van der Waals surface area contributed by atoms with Crippen molar-refractivity contribution >= 4 is 29.6 Å². The molecule has 8 heteroatoms. The number of rotatable bonds is 5. The summed E-state index contributed by atoms with van der Waals surface area (Å²) >= 11 is 1.51. The number of nitrogens with zero attached hydrogens (tertiary/aromatic N) is 5. The van der Waals surface area contributed by atoms with Gasteiger partial charge in [0.05, 0.1) is 11.5 Å². The Morgan fingerprint density at radius 1 is 1.30 bits per heavy atom. The average molecular weight is 296 g/mol. The van der Waals surface area contributed by atoms with Gasteiger partial charge in [-0.25, -0.2) is 0 Å². The first-order valence-corrected chi connectivity index (χ1v) is 7.75. The van der Waals surface area contributed by atoms with Crippen molar-refractivity contribution in [2.24, 2.45) is 0 Å². The van der Waals surface area contributed by atoms with E-state index in [4.69, 9.17) is 5.73 Å². The van der Waals surface area contributed by atoms with Crippen LogP contribution < -0.4 is 10.6 Å². The molecule has 0 saturated carbocycles. The van der Waals surface area contributed by atoms with Crippen molar-refractivity contribution in [2.45, 2.75) is 18.6 Å². The van der Waals surface area contributed by atoms with Gasteiger partial charge in [-0.2, -0.15) is 15.0 Å². The van der Waals surface area contributed by atoms with Crippen LogP contribution in [0.4, 0.5) is 11.9 Å². The maximum Gasteiger partial charge on any atom is 0.232 e. The molecule has 7 nitrogen and oxygen atoms in total. The highest BCUT2D eigenvalue weighted by molar-refractivity contribution is 7.99. The molecule has 1 fully saturated rings. The molecule has 2 N–H and O–H groups in total. The minimum atomic E-state index is 0.197. The minimum absolute atomic E-state index is 0.197. The van der Waals surface area contributed by atoms with E-state index >= 15 is 0 Å². The summed E-state index contributed by atoms with van der Waals surface area (Å²) in [6.45, 7) is 1.78. The molecule has 1 aliphatic rings. The van der Waals surface area contributed by atoms with Crippen LogP contribution in [0.3, 0.4) is 0 Å². The lowest BCUT2D eigenvalue weighted by Gasteiger charge is -2.14. The molecule has 1 aromatic rings. The van der Waals surface area contributed by atoms with Crippen LogP contribution >= 0.6 is 11.8 Å². The molecular weight excluding hydrogens is 276 g/mol. The van der Waals surface area contributed by atoms with Crippen LogP contribution in [0.2, 0.25) is 0 Å². The fourth-order valence-corrected chi connectivity index (χ4v) is 2.75. The minimum Gasteiger partial charge on any atom is -0.368 e. The molecule has 0 bridgehead atoms. The molecule has 1 aromatic heterocycles. The van der Waals surface area contributed by atoms with Gasteiger partial charge in [-0.05, 0) is 12.8 Å². The summed E-state index contributed by atoms with van der Waals surface area (Å²) in [7, 11) is 3.70. The zero-order valence-electron chi connectivity index (χ0n) is 11.9. The Morgan fingerprint density at radius 2 is 2.00 bits per heavy atom. The van der Waals surface area contributed by atoms with Gasteiger partial charge in [-0.1, -0.05) is 0 Å². The zero-order valence-corrected chi connectivity index (χ0v) is 12.7. The van der Waals surface area contributed by atoms with E-state index < -0.39 is 0 Å². The molecule has 0 atom stereocenters. The number of amides is 1. The van der Waals surface area contributed by atoms with Crippen molar-refractivity contribution < 1.29 is 4.79 Å². The van der Waals surface area contributed by atoms with E-state index in [2.05, 4.69) is 15.0 Å². The van der Waals surface area contributed by atoms with Crippen LogP contribution in [0, 0.1) is 0 Å². The molecular formula is C12H20N6OS. The van der Waals surface area contributed by atoms with Crippen LogP contribution in [-0.2, 0) is 10.5 Å². The van der Waals surface area contributed by atoms with E-state index in [-0.39, 0.29) is 11.9 Å². The first-order chi connectivity index (χ1) is 9.56. The average Bonchev–Trinajstić information content (AvgIpc) is 2.91. The van der Waals surface area contributed by atoms with Gasteiger partial charge in [0, 0.05) is 27.2 Å². The van der Waals surface area contributed by atoms with Crippen molar-refractivity contribution in [3.63, 3.8) is 0 Å². The molecule has 2 rings (SSSR count). The van der Waals surface area contributed by atoms with Gasteiger partial charge in [-0.3, -0.25) is 4.79 Å². The number of nitrogen functional groups attached to an aromatic ring is 1. The summed E-state index contributed by atoms with van der Waals surface area (Å²) in [6.07, 6.45) is 2.24. The summed E-state index contributed by atoms with van der Waals surface area (Å²) in [5.74, 6) is 2.59. The Kier molecular flexibility index (Phi) is 4.99. The van der Waals surface area contributed by atoms with Crippen molar-refractivity contribution in [1.29, 1.82) is 0 Å². The van der Waals surface area contributed by atoms with E-state index in [1.165, 1.54) is 11.8 Å². The second kappa shape index (κ2) is 6.74. The van der Waals surface area contributed by atoms with Crippen molar-refractivity contribution in [2.75, 3.05) is 43.6 Å². The molecule has 1 amide bonds. The lowest BCUT2D eigenvalue weighted by atomic mass is 10.4. The van der Waals surface area contributed by atoms with Gasteiger partial charge >= 0.3 is 0 Å². The van der Waals surface area contributed by atoms with Crippen LogP contribution in [0.1, 0.15) is 18.7 Å². The molecule has 20 heavy (non-hydrogen) atoms. The van der Waals surface area contributed by atoms with Gasteiger partial charge < -0.3 is 15.5 Å². The Bertz CT molecular complexity index is 475. The largest absolute Gasteiger partial charge is 0.368 e. The first kappa shape index (κ1) is 14.8. The molecule has 2 heterocycles. The topological polar surface area (TPSA) is 88.2 Å². The molecule has 0 radical (unpaired) electrons. The quantitative estimate of drug-likeness (QED) is 0.840.